The van der Waals surface area contributed by atoms with E-state index in [0.29, 0.717) is 11.9 Å². The van der Waals surface area contributed by atoms with Crippen molar-refractivity contribution in [1.29, 1.82) is 0 Å². The van der Waals surface area contributed by atoms with E-state index in [2.05, 4.69) is 57.2 Å². The maximum Gasteiger partial charge on any atom is 0.227 e. The number of aromatic nitrogens is 2. The number of nitrogens with one attached hydrogen (secondary N) is 1. The van der Waals surface area contributed by atoms with Crippen LogP contribution in [-0.4, -0.2) is 9.97 Å². The van der Waals surface area contributed by atoms with Gasteiger partial charge in [-0.05, 0) is 45.6 Å². The van der Waals surface area contributed by atoms with Gasteiger partial charge in [0.1, 0.15) is 0 Å². The first-order valence-corrected chi connectivity index (χ1v) is 6.29. The van der Waals surface area contributed by atoms with E-state index in [1.54, 1.807) is 18.5 Å². The van der Waals surface area contributed by atoms with E-state index in [1.165, 1.54) is 5.56 Å². The Balaban J connectivity index is 2.23. The summed E-state index contributed by atoms with van der Waals surface area (Å²) < 4.78 is 1.02. The van der Waals surface area contributed by atoms with E-state index in [-0.39, 0.29) is 0 Å². The quantitative estimate of drug-likeness (QED) is 0.925. The van der Waals surface area contributed by atoms with Crippen LogP contribution in [-0.2, 0) is 0 Å². The predicted molar refractivity (Wildman–Crippen MR) is 73.5 cm³/mol. The highest BCUT2D eigenvalue weighted by Crippen LogP contribution is 2.28. The van der Waals surface area contributed by atoms with Gasteiger partial charge >= 0.3 is 0 Å². The normalized spacial score (nSPS) is 10.6. The number of rotatable bonds is 3. The third kappa shape index (κ3) is 3.03. The lowest BCUT2D eigenvalue weighted by Crippen LogP contribution is -1.97. The van der Waals surface area contributed by atoms with Gasteiger partial charge in [-0.15, -0.1) is 0 Å². The zero-order valence-electron chi connectivity index (χ0n) is 9.81. The number of halogens is 1. The Hall–Kier alpha value is -1.42. The Bertz CT molecular complexity index is 497. The molecule has 0 unspecified atom stereocenters. The zero-order chi connectivity index (χ0) is 12.3. The van der Waals surface area contributed by atoms with Gasteiger partial charge in [0, 0.05) is 16.9 Å². The van der Waals surface area contributed by atoms with Crippen molar-refractivity contribution in [2.75, 3.05) is 5.32 Å². The van der Waals surface area contributed by atoms with Crippen molar-refractivity contribution in [3.63, 3.8) is 0 Å². The second-order valence-electron chi connectivity index (χ2n) is 4.09. The van der Waals surface area contributed by atoms with Gasteiger partial charge in [-0.3, -0.25) is 0 Å². The number of anilines is 2. The van der Waals surface area contributed by atoms with Crippen LogP contribution in [0.15, 0.2) is 41.1 Å². The molecule has 3 nitrogen and oxygen atoms in total. The summed E-state index contributed by atoms with van der Waals surface area (Å²) in [6, 6.07) is 8.06. The summed E-state index contributed by atoms with van der Waals surface area (Å²) >= 11 is 3.55. The van der Waals surface area contributed by atoms with Crippen LogP contribution in [0, 0.1) is 0 Å². The number of hydrogen-bond acceptors (Lipinski definition) is 3. The van der Waals surface area contributed by atoms with Crippen LogP contribution in [0.5, 0.6) is 0 Å². The van der Waals surface area contributed by atoms with Gasteiger partial charge in [0.2, 0.25) is 5.95 Å². The van der Waals surface area contributed by atoms with Crippen LogP contribution in [0.1, 0.15) is 25.3 Å². The Morgan fingerprint density at radius 2 is 1.88 bits per heavy atom. The molecule has 4 heteroatoms. The molecule has 0 amide bonds. The monoisotopic (exact) mass is 291 g/mol. The summed E-state index contributed by atoms with van der Waals surface area (Å²) in [6.07, 6.45) is 3.43. The number of benzene rings is 1. The fourth-order valence-electron chi connectivity index (χ4n) is 1.48. The molecule has 1 heterocycles. The average molecular weight is 292 g/mol. The highest BCUT2D eigenvalue weighted by molar-refractivity contribution is 9.10. The molecule has 0 fully saturated rings. The molecule has 1 aromatic carbocycles. The standard InChI is InChI=1S/C13H14BrN3/c1-9(2)10-4-5-12(11(14)8-10)17-13-15-6-3-7-16-13/h3-9H,1-2H3,(H,15,16,17). The Kier molecular flexibility index (Phi) is 3.74. The first-order valence-electron chi connectivity index (χ1n) is 5.50. The first-order chi connectivity index (χ1) is 8.16. The minimum atomic E-state index is 0.522. The summed E-state index contributed by atoms with van der Waals surface area (Å²) in [5.41, 5.74) is 2.28. The molecule has 2 rings (SSSR count). The molecule has 0 saturated carbocycles. The van der Waals surface area contributed by atoms with Crippen LogP contribution in [0.25, 0.3) is 0 Å². The molecule has 0 saturated heterocycles. The topological polar surface area (TPSA) is 37.8 Å². The van der Waals surface area contributed by atoms with E-state index in [4.69, 9.17) is 0 Å². The van der Waals surface area contributed by atoms with Gasteiger partial charge in [-0.1, -0.05) is 19.9 Å². The highest BCUT2D eigenvalue weighted by Gasteiger charge is 2.05. The molecule has 88 valence electrons. The lowest BCUT2D eigenvalue weighted by molar-refractivity contribution is 0.866. The second kappa shape index (κ2) is 5.27. The number of hydrogen-bond donors (Lipinski definition) is 1. The van der Waals surface area contributed by atoms with Crippen LogP contribution < -0.4 is 5.32 Å². The van der Waals surface area contributed by atoms with Crippen molar-refractivity contribution >= 4 is 27.6 Å². The minimum absolute atomic E-state index is 0.522. The predicted octanol–water partition coefficient (Wildman–Crippen LogP) is 4.11. The molecular weight excluding hydrogens is 278 g/mol. The van der Waals surface area contributed by atoms with Crippen LogP contribution in [0.2, 0.25) is 0 Å². The van der Waals surface area contributed by atoms with E-state index >= 15 is 0 Å². The molecule has 0 aliphatic carbocycles. The lowest BCUT2D eigenvalue weighted by Gasteiger charge is -2.10. The molecule has 0 radical (unpaired) electrons. The highest BCUT2D eigenvalue weighted by atomic mass is 79.9. The van der Waals surface area contributed by atoms with Crippen molar-refractivity contribution in [1.82, 2.24) is 9.97 Å². The fourth-order valence-corrected chi connectivity index (χ4v) is 1.97. The van der Waals surface area contributed by atoms with Crippen LogP contribution in [0.4, 0.5) is 11.6 Å². The van der Waals surface area contributed by atoms with Crippen LogP contribution >= 0.6 is 15.9 Å². The van der Waals surface area contributed by atoms with Crippen molar-refractivity contribution in [2.24, 2.45) is 0 Å². The SMILES string of the molecule is CC(C)c1ccc(Nc2ncccn2)c(Br)c1. The molecule has 0 atom stereocenters. The van der Waals surface area contributed by atoms with Gasteiger partial charge < -0.3 is 5.32 Å². The molecule has 0 aliphatic rings. The summed E-state index contributed by atoms with van der Waals surface area (Å²) in [6.45, 7) is 4.35. The Morgan fingerprint density at radius 3 is 2.47 bits per heavy atom. The molecule has 0 bridgehead atoms. The molecule has 0 aliphatic heterocycles. The summed E-state index contributed by atoms with van der Waals surface area (Å²) in [7, 11) is 0. The zero-order valence-corrected chi connectivity index (χ0v) is 11.4. The molecule has 17 heavy (non-hydrogen) atoms. The van der Waals surface area contributed by atoms with Gasteiger partial charge in [0.05, 0.1) is 5.69 Å². The molecule has 2 aromatic rings. The largest absolute Gasteiger partial charge is 0.323 e. The first kappa shape index (κ1) is 12.0. The lowest BCUT2D eigenvalue weighted by atomic mass is 10.0. The molecule has 1 N–H and O–H groups in total. The molecule has 0 spiro atoms. The average Bonchev–Trinajstić information content (AvgIpc) is 2.33. The third-order valence-electron chi connectivity index (χ3n) is 2.47. The maximum atomic E-state index is 4.13. The van der Waals surface area contributed by atoms with E-state index < -0.39 is 0 Å². The summed E-state index contributed by atoms with van der Waals surface area (Å²) in [4.78, 5) is 8.26. The molecular formula is C13H14BrN3. The minimum Gasteiger partial charge on any atom is -0.323 e. The fraction of sp³-hybridized carbons (Fsp3) is 0.231. The Labute approximate surface area is 109 Å². The van der Waals surface area contributed by atoms with Gasteiger partial charge in [-0.2, -0.15) is 0 Å². The molecule has 1 aromatic heterocycles. The van der Waals surface area contributed by atoms with Gasteiger partial charge in [-0.25, -0.2) is 9.97 Å². The van der Waals surface area contributed by atoms with Crippen molar-refractivity contribution in [2.45, 2.75) is 19.8 Å². The van der Waals surface area contributed by atoms with Crippen molar-refractivity contribution in [3.05, 3.63) is 46.7 Å². The third-order valence-corrected chi connectivity index (χ3v) is 3.13. The van der Waals surface area contributed by atoms with Crippen LogP contribution in [0.3, 0.4) is 0 Å². The number of nitrogens with zero attached hydrogens (tertiary/aromatic N) is 2. The van der Waals surface area contributed by atoms with Crippen molar-refractivity contribution < 1.29 is 0 Å². The van der Waals surface area contributed by atoms with E-state index in [9.17, 15) is 0 Å². The summed E-state index contributed by atoms with van der Waals surface area (Å²) in [5, 5.41) is 3.17. The maximum absolute atomic E-state index is 4.13. The second-order valence-corrected chi connectivity index (χ2v) is 4.95. The van der Waals surface area contributed by atoms with Gasteiger partial charge in [0.25, 0.3) is 0 Å². The van der Waals surface area contributed by atoms with Gasteiger partial charge in [0.15, 0.2) is 0 Å². The van der Waals surface area contributed by atoms with E-state index in [0.717, 1.165) is 10.2 Å². The smallest absolute Gasteiger partial charge is 0.227 e. The Morgan fingerprint density at radius 1 is 1.18 bits per heavy atom. The summed E-state index contributed by atoms with van der Waals surface area (Å²) in [5.74, 6) is 1.12. The van der Waals surface area contributed by atoms with E-state index in [1.807, 2.05) is 6.07 Å². The van der Waals surface area contributed by atoms with Crippen molar-refractivity contribution in [3.8, 4) is 0 Å².